The first-order valence-electron chi connectivity index (χ1n) is 9.03. The van der Waals surface area contributed by atoms with Crippen molar-refractivity contribution >= 4 is 6.08 Å². The number of hydrogen-bond donors (Lipinski definition) is 2. The Hall–Kier alpha value is -3.19. The zero-order chi connectivity index (χ0) is 20.1. The van der Waals surface area contributed by atoms with Gasteiger partial charge < -0.3 is 15.6 Å². The lowest BCUT2D eigenvalue weighted by Crippen LogP contribution is -2.31. The molecule has 0 amide bonds. The number of nitrogens with zero attached hydrogens (tertiary/aromatic N) is 3. The summed E-state index contributed by atoms with van der Waals surface area (Å²) in [5.74, 6) is 0. The van der Waals surface area contributed by atoms with Crippen molar-refractivity contribution in [3.63, 3.8) is 0 Å². The van der Waals surface area contributed by atoms with Crippen LogP contribution in [-0.4, -0.2) is 26.9 Å². The fraction of sp³-hybridized carbons (Fsp3) is 0.286. The molecule has 7 heteroatoms. The van der Waals surface area contributed by atoms with E-state index in [4.69, 9.17) is 10.5 Å². The molecule has 0 fully saturated rings. The maximum Gasteiger partial charge on any atom is 0.146 e. The Morgan fingerprint density at radius 3 is 2.50 bits per heavy atom. The van der Waals surface area contributed by atoms with Gasteiger partial charge in [-0.1, -0.05) is 51.1 Å². The molecule has 0 unspecified atom stereocenters. The van der Waals surface area contributed by atoms with Gasteiger partial charge in [0.25, 0.3) is 0 Å². The van der Waals surface area contributed by atoms with Gasteiger partial charge in [-0.3, -0.25) is 15.1 Å². The second kappa shape index (κ2) is 8.22. The Bertz CT molecular complexity index is 930. The van der Waals surface area contributed by atoms with Gasteiger partial charge in [0.2, 0.25) is 0 Å². The minimum atomic E-state index is -0.614. The van der Waals surface area contributed by atoms with Crippen molar-refractivity contribution in [2.24, 2.45) is 10.7 Å². The molecule has 2 heterocycles. The van der Waals surface area contributed by atoms with Crippen LogP contribution in [0.25, 0.3) is 11.1 Å². The second-order valence-electron chi connectivity index (χ2n) is 7.38. The summed E-state index contributed by atoms with van der Waals surface area (Å²) in [7, 11) is 0. The molecular weight excluding hydrogens is 354 g/mol. The zero-order valence-electron chi connectivity index (χ0n) is 16.2. The Labute approximate surface area is 164 Å². The lowest BCUT2D eigenvalue weighted by molar-refractivity contribution is -0.260. The van der Waals surface area contributed by atoms with Crippen LogP contribution in [0.1, 0.15) is 43.8 Å². The van der Waals surface area contributed by atoms with Crippen LogP contribution in [0.4, 0.5) is 0 Å². The number of aliphatic imine (C=N–C) groups is 1. The van der Waals surface area contributed by atoms with Gasteiger partial charge in [-0.2, -0.15) is 5.10 Å². The van der Waals surface area contributed by atoms with Crippen LogP contribution >= 0.6 is 0 Å². The minimum Gasteiger partial charge on any atom is -0.595 e. The van der Waals surface area contributed by atoms with E-state index >= 15 is 0 Å². The highest BCUT2D eigenvalue weighted by Crippen LogP contribution is 2.32. The molecule has 1 atom stereocenters. The number of nitrogens with one attached hydrogen (secondary N) is 1. The van der Waals surface area contributed by atoms with E-state index in [9.17, 15) is 5.11 Å². The molecule has 0 spiro atoms. The van der Waals surface area contributed by atoms with Crippen LogP contribution in [-0.2, 0) is 11.3 Å². The van der Waals surface area contributed by atoms with Crippen molar-refractivity contribution in [1.29, 1.82) is 0 Å². The number of H-pyrrole nitrogens is 1. The van der Waals surface area contributed by atoms with E-state index in [1.54, 1.807) is 33.2 Å². The molecule has 3 aromatic rings. The van der Waals surface area contributed by atoms with Crippen LogP contribution in [0.2, 0.25) is 0 Å². The highest BCUT2D eigenvalue weighted by molar-refractivity contribution is 5.70. The third-order valence-corrected chi connectivity index (χ3v) is 4.05. The molecule has 0 bridgehead atoms. The van der Waals surface area contributed by atoms with E-state index in [2.05, 4.69) is 20.2 Å². The largest absolute Gasteiger partial charge is 0.595 e. The van der Waals surface area contributed by atoms with E-state index in [-0.39, 0.29) is 6.54 Å². The predicted molar refractivity (Wildman–Crippen MR) is 106 cm³/mol. The molecule has 0 radical (unpaired) electrons. The summed E-state index contributed by atoms with van der Waals surface area (Å²) in [5.41, 5.74) is 9.94. The average molecular weight is 378 g/mol. The van der Waals surface area contributed by atoms with E-state index < -0.39 is 17.7 Å². The van der Waals surface area contributed by atoms with Crippen LogP contribution in [0, 0.1) is 0 Å². The summed E-state index contributed by atoms with van der Waals surface area (Å²) in [6, 6.07) is 13.1. The molecular formula is C21H24N5O2-. The minimum absolute atomic E-state index is 0.112. The number of hydrogen-bond acceptors (Lipinski definition) is 6. The van der Waals surface area contributed by atoms with E-state index in [0.717, 1.165) is 16.7 Å². The molecule has 7 nitrogen and oxygen atoms in total. The van der Waals surface area contributed by atoms with Gasteiger partial charge in [-0.25, -0.2) is 0 Å². The number of ether oxygens (including phenoxy) is 1. The summed E-state index contributed by atoms with van der Waals surface area (Å²) >= 11 is 0. The maximum absolute atomic E-state index is 12.0. The summed E-state index contributed by atoms with van der Waals surface area (Å²) < 4.78 is 5.25. The molecule has 2 aromatic heterocycles. The van der Waals surface area contributed by atoms with Crippen molar-refractivity contribution in [3.8, 4) is 11.1 Å². The average Bonchev–Trinajstić information content (AvgIpc) is 3.10. The first-order chi connectivity index (χ1) is 13.3. The number of rotatable bonds is 5. The SMILES string of the molecule is CC(C)(C)OC([O-])=NCc1[nH]nc([C@H](N)c2ccccc2)c1-c1ccncc1. The van der Waals surface area contributed by atoms with Gasteiger partial charge in [-0.15, -0.1) is 0 Å². The summed E-state index contributed by atoms with van der Waals surface area (Å²) in [6.45, 7) is 5.52. The van der Waals surface area contributed by atoms with Gasteiger partial charge in [0.1, 0.15) is 6.08 Å². The van der Waals surface area contributed by atoms with Gasteiger partial charge in [0, 0.05) is 23.6 Å². The Kier molecular flexibility index (Phi) is 5.75. The maximum atomic E-state index is 12.0. The third-order valence-electron chi connectivity index (χ3n) is 4.05. The molecule has 0 aliphatic heterocycles. The Morgan fingerprint density at radius 1 is 1.18 bits per heavy atom. The quantitative estimate of drug-likeness (QED) is 0.523. The molecule has 146 valence electrons. The molecule has 28 heavy (non-hydrogen) atoms. The fourth-order valence-electron chi connectivity index (χ4n) is 2.83. The monoisotopic (exact) mass is 378 g/mol. The summed E-state index contributed by atoms with van der Waals surface area (Å²) in [6.07, 6.45) is 2.79. The van der Waals surface area contributed by atoms with Gasteiger partial charge in [0.05, 0.1) is 24.0 Å². The molecule has 3 N–H and O–H groups in total. The molecule has 0 saturated carbocycles. The van der Waals surface area contributed by atoms with Gasteiger partial charge >= 0.3 is 0 Å². The zero-order valence-corrected chi connectivity index (χ0v) is 16.2. The molecule has 3 rings (SSSR count). The van der Waals surface area contributed by atoms with Gasteiger partial charge in [-0.05, 0) is 23.3 Å². The van der Waals surface area contributed by atoms with Crippen molar-refractivity contribution in [2.45, 2.75) is 39.0 Å². The van der Waals surface area contributed by atoms with Crippen LogP contribution in [0.5, 0.6) is 0 Å². The first kappa shape index (κ1) is 19.6. The van der Waals surface area contributed by atoms with Crippen LogP contribution < -0.4 is 10.8 Å². The summed E-state index contributed by atoms with van der Waals surface area (Å²) in [4.78, 5) is 8.10. The molecule has 0 aliphatic carbocycles. The lowest BCUT2D eigenvalue weighted by atomic mass is 9.96. The van der Waals surface area contributed by atoms with Crippen molar-refractivity contribution < 1.29 is 9.84 Å². The van der Waals surface area contributed by atoms with Crippen LogP contribution in [0.15, 0.2) is 59.9 Å². The highest BCUT2D eigenvalue weighted by atomic mass is 16.6. The number of aromatic amines is 1. The van der Waals surface area contributed by atoms with E-state index in [1.165, 1.54) is 0 Å². The van der Waals surface area contributed by atoms with E-state index in [0.29, 0.717) is 11.4 Å². The van der Waals surface area contributed by atoms with Gasteiger partial charge in [0.15, 0.2) is 0 Å². The number of nitrogens with two attached hydrogens (primary N) is 1. The van der Waals surface area contributed by atoms with E-state index in [1.807, 2.05) is 42.5 Å². The topological polar surface area (TPSA) is 112 Å². The van der Waals surface area contributed by atoms with Crippen molar-refractivity contribution in [2.75, 3.05) is 0 Å². The molecule has 1 aromatic carbocycles. The normalized spacial score (nSPS) is 13.4. The molecule has 0 saturated heterocycles. The highest BCUT2D eigenvalue weighted by Gasteiger charge is 2.21. The Morgan fingerprint density at radius 2 is 1.86 bits per heavy atom. The summed E-state index contributed by atoms with van der Waals surface area (Å²) in [5, 5.41) is 19.4. The lowest BCUT2D eigenvalue weighted by Gasteiger charge is -2.29. The predicted octanol–water partition coefficient (Wildman–Crippen LogP) is 2.55. The number of pyridine rings is 1. The first-order valence-corrected chi connectivity index (χ1v) is 9.03. The third kappa shape index (κ3) is 4.75. The number of aromatic nitrogens is 3. The Balaban J connectivity index is 1.97. The van der Waals surface area contributed by atoms with Crippen molar-refractivity contribution in [1.82, 2.24) is 15.2 Å². The van der Waals surface area contributed by atoms with Crippen molar-refractivity contribution in [3.05, 3.63) is 71.8 Å². The van der Waals surface area contributed by atoms with Crippen LogP contribution in [0.3, 0.4) is 0 Å². The number of benzene rings is 1. The second-order valence-corrected chi connectivity index (χ2v) is 7.38. The smallest absolute Gasteiger partial charge is 0.146 e. The standard InChI is InChI=1S/C21H25N5O2/c1-21(2,3)28-20(27)24-13-16-17(14-9-11-23-12-10-14)19(26-25-16)18(22)15-7-5-4-6-8-15/h4-12,18H,13,22H2,1-3H3,(H,24,27)(H,25,26)/p-1/t18-/m1/s1. The molecule has 0 aliphatic rings. The fourth-order valence-corrected chi connectivity index (χ4v) is 2.83.